The van der Waals surface area contributed by atoms with Crippen molar-refractivity contribution in [2.24, 2.45) is 5.41 Å². The second-order valence-corrected chi connectivity index (χ2v) is 6.05. The van der Waals surface area contributed by atoms with Gasteiger partial charge in [-0.1, -0.05) is 44.2 Å². The predicted octanol–water partition coefficient (Wildman–Crippen LogP) is 1.60. The van der Waals surface area contributed by atoms with Crippen LogP contribution in [0.4, 0.5) is 0 Å². The van der Waals surface area contributed by atoms with Gasteiger partial charge < -0.3 is 15.5 Å². The SMILES string of the molecule is CC(C)(CC(=O)O)CC(=O)NC(CO)Cc1ccccc1. The highest BCUT2D eigenvalue weighted by Crippen LogP contribution is 2.24. The summed E-state index contributed by atoms with van der Waals surface area (Å²) >= 11 is 0. The van der Waals surface area contributed by atoms with E-state index in [0.29, 0.717) is 6.42 Å². The average Bonchev–Trinajstić information content (AvgIpc) is 2.36. The van der Waals surface area contributed by atoms with Crippen LogP contribution in [0.5, 0.6) is 0 Å². The molecule has 21 heavy (non-hydrogen) atoms. The number of aliphatic hydroxyl groups is 1. The molecule has 0 spiro atoms. The standard InChI is InChI=1S/C16H23NO4/c1-16(2,10-15(20)21)9-14(19)17-13(11-18)8-12-6-4-3-5-7-12/h3-7,13,18H,8-11H2,1-2H3,(H,17,19)(H,20,21). The Bertz CT molecular complexity index is 470. The number of carboxylic acid groups (broad SMARTS) is 1. The minimum Gasteiger partial charge on any atom is -0.481 e. The minimum atomic E-state index is -0.921. The Morgan fingerprint density at radius 1 is 1.19 bits per heavy atom. The van der Waals surface area contributed by atoms with Gasteiger partial charge in [-0.15, -0.1) is 0 Å². The van der Waals surface area contributed by atoms with E-state index >= 15 is 0 Å². The fourth-order valence-corrected chi connectivity index (χ4v) is 2.25. The Morgan fingerprint density at radius 2 is 1.81 bits per heavy atom. The largest absolute Gasteiger partial charge is 0.481 e. The van der Waals surface area contributed by atoms with Crippen LogP contribution in [0.1, 0.15) is 32.3 Å². The Kier molecular flexibility index (Phi) is 6.37. The van der Waals surface area contributed by atoms with Gasteiger partial charge in [-0.25, -0.2) is 0 Å². The Morgan fingerprint density at radius 3 is 2.33 bits per heavy atom. The normalized spacial score (nSPS) is 12.7. The molecule has 5 heteroatoms. The van der Waals surface area contributed by atoms with E-state index in [0.717, 1.165) is 5.56 Å². The van der Waals surface area contributed by atoms with Gasteiger partial charge in [0.15, 0.2) is 0 Å². The zero-order valence-corrected chi connectivity index (χ0v) is 12.5. The molecule has 0 aliphatic rings. The van der Waals surface area contributed by atoms with Crippen LogP contribution >= 0.6 is 0 Å². The van der Waals surface area contributed by atoms with Crippen molar-refractivity contribution in [3.05, 3.63) is 35.9 Å². The van der Waals surface area contributed by atoms with Crippen molar-refractivity contribution < 1.29 is 19.8 Å². The van der Waals surface area contributed by atoms with Gasteiger partial charge >= 0.3 is 5.97 Å². The van der Waals surface area contributed by atoms with Crippen LogP contribution < -0.4 is 5.32 Å². The van der Waals surface area contributed by atoms with E-state index in [1.165, 1.54) is 0 Å². The number of hydrogen-bond acceptors (Lipinski definition) is 3. The van der Waals surface area contributed by atoms with E-state index < -0.39 is 11.4 Å². The molecule has 1 aromatic rings. The number of benzene rings is 1. The summed E-state index contributed by atoms with van der Waals surface area (Å²) in [6.45, 7) is 3.33. The van der Waals surface area contributed by atoms with E-state index in [9.17, 15) is 14.7 Å². The fourth-order valence-electron chi connectivity index (χ4n) is 2.25. The van der Waals surface area contributed by atoms with Gasteiger partial charge in [0.25, 0.3) is 0 Å². The van der Waals surface area contributed by atoms with Crippen LogP contribution in [0.2, 0.25) is 0 Å². The van der Waals surface area contributed by atoms with Gasteiger partial charge in [0.1, 0.15) is 0 Å². The monoisotopic (exact) mass is 293 g/mol. The lowest BCUT2D eigenvalue weighted by atomic mass is 9.85. The van der Waals surface area contributed by atoms with Crippen molar-refractivity contribution in [3.63, 3.8) is 0 Å². The highest BCUT2D eigenvalue weighted by molar-refractivity contribution is 5.78. The van der Waals surface area contributed by atoms with Crippen molar-refractivity contribution in [2.75, 3.05) is 6.61 Å². The third kappa shape index (κ3) is 6.90. The number of carbonyl (C=O) groups is 2. The highest BCUT2D eigenvalue weighted by atomic mass is 16.4. The Balaban J connectivity index is 2.53. The summed E-state index contributed by atoms with van der Waals surface area (Å²) in [5, 5.41) is 20.9. The van der Waals surface area contributed by atoms with Gasteiger partial charge in [0.2, 0.25) is 5.91 Å². The molecule has 1 atom stereocenters. The van der Waals surface area contributed by atoms with Gasteiger partial charge in [-0.05, 0) is 17.4 Å². The first kappa shape index (κ1) is 17.2. The second-order valence-electron chi connectivity index (χ2n) is 6.05. The summed E-state index contributed by atoms with van der Waals surface area (Å²) in [4.78, 5) is 22.7. The van der Waals surface area contributed by atoms with Crippen LogP contribution in [0.15, 0.2) is 30.3 Å². The van der Waals surface area contributed by atoms with Crippen LogP contribution in [0.25, 0.3) is 0 Å². The summed E-state index contributed by atoms with van der Waals surface area (Å²) in [5.74, 6) is -1.16. The Hall–Kier alpha value is -1.88. The summed E-state index contributed by atoms with van der Waals surface area (Å²) in [7, 11) is 0. The number of carbonyl (C=O) groups excluding carboxylic acids is 1. The molecular weight excluding hydrogens is 270 g/mol. The number of aliphatic carboxylic acids is 1. The van der Waals surface area contributed by atoms with Crippen molar-refractivity contribution in [2.45, 2.75) is 39.2 Å². The van der Waals surface area contributed by atoms with Gasteiger partial charge in [0, 0.05) is 6.42 Å². The number of amides is 1. The van der Waals surface area contributed by atoms with Crippen molar-refractivity contribution in [3.8, 4) is 0 Å². The first-order valence-electron chi connectivity index (χ1n) is 6.98. The lowest BCUT2D eigenvalue weighted by molar-refractivity contribution is -0.139. The quantitative estimate of drug-likeness (QED) is 0.679. The number of rotatable bonds is 8. The molecule has 116 valence electrons. The topological polar surface area (TPSA) is 86.6 Å². The summed E-state index contributed by atoms with van der Waals surface area (Å²) in [5.41, 5.74) is 0.421. The third-order valence-electron chi connectivity index (χ3n) is 3.18. The molecule has 3 N–H and O–H groups in total. The summed E-state index contributed by atoms with van der Waals surface area (Å²) in [6, 6.07) is 9.22. The molecule has 0 bridgehead atoms. The average molecular weight is 293 g/mol. The molecular formula is C16H23NO4. The molecule has 0 aliphatic carbocycles. The maximum Gasteiger partial charge on any atom is 0.303 e. The van der Waals surface area contributed by atoms with E-state index in [4.69, 9.17) is 5.11 Å². The first-order valence-corrected chi connectivity index (χ1v) is 6.98. The zero-order chi connectivity index (χ0) is 15.9. The van der Waals surface area contributed by atoms with Crippen LogP contribution in [0, 0.1) is 5.41 Å². The molecule has 0 radical (unpaired) electrons. The maximum absolute atomic E-state index is 12.0. The lowest BCUT2D eigenvalue weighted by Crippen LogP contribution is -2.41. The number of carboxylic acids is 1. The predicted molar refractivity (Wildman–Crippen MR) is 79.8 cm³/mol. The van der Waals surface area contributed by atoms with Crippen LogP contribution in [0.3, 0.4) is 0 Å². The molecule has 1 aromatic carbocycles. The van der Waals surface area contributed by atoms with Crippen molar-refractivity contribution in [1.82, 2.24) is 5.32 Å². The van der Waals surface area contributed by atoms with E-state index in [-0.39, 0.29) is 31.4 Å². The fraction of sp³-hybridized carbons (Fsp3) is 0.500. The summed E-state index contributed by atoms with van der Waals surface area (Å²) in [6.07, 6.45) is 0.593. The molecule has 1 unspecified atom stereocenters. The molecule has 1 amide bonds. The smallest absolute Gasteiger partial charge is 0.303 e. The molecule has 0 saturated carbocycles. The second kappa shape index (κ2) is 7.78. The number of aliphatic hydroxyl groups excluding tert-OH is 1. The molecule has 0 aromatic heterocycles. The van der Waals surface area contributed by atoms with Crippen LogP contribution in [-0.2, 0) is 16.0 Å². The zero-order valence-electron chi connectivity index (χ0n) is 12.5. The number of nitrogens with one attached hydrogen (secondary N) is 1. The van der Waals surface area contributed by atoms with Crippen LogP contribution in [-0.4, -0.2) is 34.7 Å². The lowest BCUT2D eigenvalue weighted by Gasteiger charge is -2.23. The first-order chi connectivity index (χ1) is 9.82. The Labute approximate surface area is 125 Å². The molecule has 1 rings (SSSR count). The van der Waals surface area contributed by atoms with Gasteiger partial charge in [-0.3, -0.25) is 9.59 Å². The molecule has 0 heterocycles. The summed E-state index contributed by atoms with van der Waals surface area (Å²) < 4.78 is 0. The van der Waals surface area contributed by atoms with Gasteiger partial charge in [-0.2, -0.15) is 0 Å². The van der Waals surface area contributed by atoms with Gasteiger partial charge in [0.05, 0.1) is 19.1 Å². The third-order valence-corrected chi connectivity index (χ3v) is 3.18. The van der Waals surface area contributed by atoms with E-state index in [1.54, 1.807) is 13.8 Å². The van der Waals surface area contributed by atoms with Crippen molar-refractivity contribution >= 4 is 11.9 Å². The molecule has 5 nitrogen and oxygen atoms in total. The van der Waals surface area contributed by atoms with E-state index in [2.05, 4.69) is 5.32 Å². The minimum absolute atomic E-state index is 0.0666. The van der Waals surface area contributed by atoms with E-state index in [1.807, 2.05) is 30.3 Å². The number of hydrogen-bond donors (Lipinski definition) is 3. The van der Waals surface area contributed by atoms with Crippen molar-refractivity contribution in [1.29, 1.82) is 0 Å². The molecule has 0 saturated heterocycles. The highest BCUT2D eigenvalue weighted by Gasteiger charge is 2.26. The molecule has 0 aliphatic heterocycles. The molecule has 0 fully saturated rings. The maximum atomic E-state index is 12.0.